The number of H-pyrrole nitrogens is 1. The molecule has 0 spiro atoms. The molecule has 2 rings (SSSR count). The highest BCUT2D eigenvalue weighted by atomic mass is 16.1. The molecule has 5 heteroatoms. The first-order valence-corrected chi connectivity index (χ1v) is 5.01. The zero-order valence-corrected chi connectivity index (χ0v) is 9.06. The van der Waals surface area contributed by atoms with Crippen molar-refractivity contribution in [2.75, 3.05) is 0 Å². The van der Waals surface area contributed by atoms with Gasteiger partial charge in [0.25, 0.3) is 5.56 Å². The van der Waals surface area contributed by atoms with Crippen molar-refractivity contribution in [3.8, 4) is 0 Å². The largest absolute Gasteiger partial charge is 0.312 e. The smallest absolute Gasteiger partial charge is 0.278 e. The van der Waals surface area contributed by atoms with Crippen LogP contribution in [0.15, 0.2) is 17.4 Å². The van der Waals surface area contributed by atoms with E-state index in [0.717, 1.165) is 0 Å². The summed E-state index contributed by atoms with van der Waals surface area (Å²) in [5.74, 6) is 0.475. The van der Waals surface area contributed by atoms with E-state index in [4.69, 9.17) is 0 Å². The molecule has 2 aromatic rings. The minimum atomic E-state index is -0.185. The normalized spacial score (nSPS) is 13.6. The van der Waals surface area contributed by atoms with Crippen LogP contribution < -0.4 is 5.56 Å². The van der Waals surface area contributed by atoms with Crippen LogP contribution in [-0.4, -0.2) is 19.5 Å². The van der Waals surface area contributed by atoms with Gasteiger partial charge in [-0.15, -0.1) is 0 Å². The third kappa shape index (κ3) is 1.54. The maximum absolute atomic E-state index is 11.4. The van der Waals surface area contributed by atoms with Crippen LogP contribution in [0.4, 0.5) is 0 Å². The number of nitrogens with zero attached hydrogens (tertiary/aromatic N) is 3. The van der Waals surface area contributed by atoms with E-state index in [1.54, 1.807) is 6.33 Å². The van der Waals surface area contributed by atoms with Crippen molar-refractivity contribution in [2.45, 2.75) is 26.8 Å². The summed E-state index contributed by atoms with van der Waals surface area (Å²) in [7, 11) is 0. The fraction of sp³-hybridized carbons (Fsp3) is 0.500. The molecular weight excluding hydrogens is 192 g/mol. The van der Waals surface area contributed by atoms with Crippen LogP contribution in [0.3, 0.4) is 0 Å². The number of aromatic nitrogens is 4. The van der Waals surface area contributed by atoms with E-state index in [0.29, 0.717) is 17.1 Å². The third-order valence-corrected chi connectivity index (χ3v) is 2.77. The predicted octanol–water partition coefficient (Wildman–Crippen LogP) is 1.34. The van der Waals surface area contributed by atoms with E-state index in [2.05, 4.69) is 35.7 Å². The Morgan fingerprint density at radius 2 is 2.07 bits per heavy atom. The van der Waals surface area contributed by atoms with Gasteiger partial charge in [-0.05, 0) is 12.8 Å². The molecule has 0 fully saturated rings. The number of fused-ring (bicyclic) bond motifs is 1. The fourth-order valence-corrected chi connectivity index (χ4v) is 1.48. The summed E-state index contributed by atoms with van der Waals surface area (Å²) in [4.78, 5) is 22.2. The SMILES string of the molecule is CC(C)C(C)n1cnc2c(=O)[nH]cnc21. The van der Waals surface area contributed by atoms with E-state index < -0.39 is 0 Å². The molecule has 1 N–H and O–H groups in total. The van der Waals surface area contributed by atoms with Gasteiger partial charge in [0.1, 0.15) is 0 Å². The summed E-state index contributed by atoms with van der Waals surface area (Å²) in [6.07, 6.45) is 3.09. The van der Waals surface area contributed by atoms with Crippen LogP contribution in [0.2, 0.25) is 0 Å². The van der Waals surface area contributed by atoms with Crippen molar-refractivity contribution < 1.29 is 0 Å². The molecule has 15 heavy (non-hydrogen) atoms. The molecule has 0 aliphatic heterocycles. The summed E-state index contributed by atoms with van der Waals surface area (Å²) in [6, 6.07) is 0.282. The summed E-state index contributed by atoms with van der Waals surface area (Å²) in [6.45, 7) is 6.35. The number of hydrogen-bond acceptors (Lipinski definition) is 3. The van der Waals surface area contributed by atoms with Gasteiger partial charge >= 0.3 is 0 Å². The van der Waals surface area contributed by atoms with Crippen molar-refractivity contribution in [2.24, 2.45) is 5.92 Å². The maximum Gasteiger partial charge on any atom is 0.278 e. The standard InChI is InChI=1S/C10H14N4O/c1-6(2)7(3)14-5-13-8-9(14)11-4-12-10(8)15/h4-7H,1-3H3,(H,11,12,15). The summed E-state index contributed by atoms with van der Waals surface area (Å²) in [5.41, 5.74) is 0.875. The number of imidazole rings is 1. The quantitative estimate of drug-likeness (QED) is 0.806. The van der Waals surface area contributed by atoms with Crippen molar-refractivity contribution in [3.63, 3.8) is 0 Å². The van der Waals surface area contributed by atoms with Gasteiger partial charge in [-0.2, -0.15) is 0 Å². The van der Waals surface area contributed by atoms with Gasteiger partial charge in [0, 0.05) is 6.04 Å². The Hall–Kier alpha value is -1.65. The van der Waals surface area contributed by atoms with Crippen LogP contribution in [0, 0.1) is 5.92 Å². The molecule has 80 valence electrons. The number of hydrogen-bond donors (Lipinski definition) is 1. The second kappa shape index (κ2) is 3.49. The third-order valence-electron chi connectivity index (χ3n) is 2.77. The second-order valence-electron chi connectivity index (χ2n) is 4.04. The van der Waals surface area contributed by atoms with Crippen LogP contribution in [0.25, 0.3) is 11.2 Å². The molecule has 2 heterocycles. The van der Waals surface area contributed by atoms with E-state index >= 15 is 0 Å². The van der Waals surface area contributed by atoms with Gasteiger partial charge < -0.3 is 9.55 Å². The van der Waals surface area contributed by atoms with Gasteiger partial charge in [-0.3, -0.25) is 4.79 Å². The zero-order chi connectivity index (χ0) is 11.0. The van der Waals surface area contributed by atoms with E-state index in [1.165, 1.54) is 6.33 Å². The molecule has 0 aliphatic rings. The van der Waals surface area contributed by atoms with Crippen LogP contribution >= 0.6 is 0 Å². The predicted molar refractivity (Wildman–Crippen MR) is 57.7 cm³/mol. The van der Waals surface area contributed by atoms with Gasteiger partial charge in [-0.1, -0.05) is 13.8 Å². The molecule has 0 saturated carbocycles. The lowest BCUT2D eigenvalue weighted by molar-refractivity contribution is 0.415. The molecule has 5 nitrogen and oxygen atoms in total. The molecule has 0 saturated heterocycles. The molecule has 0 amide bonds. The average Bonchev–Trinajstić information content (AvgIpc) is 2.61. The number of aromatic amines is 1. The first-order chi connectivity index (χ1) is 7.11. The van der Waals surface area contributed by atoms with E-state index in [-0.39, 0.29) is 11.6 Å². The van der Waals surface area contributed by atoms with Gasteiger partial charge in [0.2, 0.25) is 0 Å². The van der Waals surface area contributed by atoms with Gasteiger partial charge in [-0.25, -0.2) is 9.97 Å². The second-order valence-corrected chi connectivity index (χ2v) is 4.04. The highest BCUT2D eigenvalue weighted by molar-refractivity contribution is 5.68. The van der Waals surface area contributed by atoms with Crippen molar-refractivity contribution in [1.82, 2.24) is 19.5 Å². The molecule has 0 radical (unpaired) electrons. The monoisotopic (exact) mass is 206 g/mol. The molecular formula is C10H14N4O. The van der Waals surface area contributed by atoms with Crippen LogP contribution in [0.5, 0.6) is 0 Å². The Bertz CT molecular complexity index is 525. The Morgan fingerprint density at radius 1 is 1.33 bits per heavy atom. The molecule has 0 bridgehead atoms. The van der Waals surface area contributed by atoms with E-state index in [1.807, 2.05) is 4.57 Å². The molecule has 0 aromatic carbocycles. The van der Waals surface area contributed by atoms with Gasteiger partial charge in [0.15, 0.2) is 11.2 Å². The van der Waals surface area contributed by atoms with Crippen molar-refractivity contribution in [3.05, 3.63) is 23.0 Å². The lowest BCUT2D eigenvalue weighted by atomic mass is 10.1. The highest BCUT2D eigenvalue weighted by Gasteiger charge is 2.14. The number of rotatable bonds is 2. The van der Waals surface area contributed by atoms with E-state index in [9.17, 15) is 4.79 Å². The molecule has 1 atom stereocenters. The summed E-state index contributed by atoms with van der Waals surface area (Å²) >= 11 is 0. The Morgan fingerprint density at radius 3 is 2.73 bits per heavy atom. The highest BCUT2D eigenvalue weighted by Crippen LogP contribution is 2.19. The fourth-order valence-electron chi connectivity index (χ4n) is 1.48. The lowest BCUT2D eigenvalue weighted by Crippen LogP contribution is -2.12. The molecule has 2 aromatic heterocycles. The topological polar surface area (TPSA) is 63.6 Å². The first kappa shape index (κ1) is 9.89. The minimum Gasteiger partial charge on any atom is -0.312 e. The molecule has 1 unspecified atom stereocenters. The first-order valence-electron chi connectivity index (χ1n) is 5.01. The Balaban J connectivity index is 2.64. The Kier molecular flexibility index (Phi) is 2.30. The van der Waals surface area contributed by atoms with Crippen molar-refractivity contribution in [1.29, 1.82) is 0 Å². The van der Waals surface area contributed by atoms with Crippen LogP contribution in [-0.2, 0) is 0 Å². The lowest BCUT2D eigenvalue weighted by Gasteiger charge is -2.17. The Labute approximate surface area is 87.2 Å². The minimum absolute atomic E-state index is 0.185. The maximum atomic E-state index is 11.4. The summed E-state index contributed by atoms with van der Waals surface area (Å²) in [5, 5.41) is 0. The average molecular weight is 206 g/mol. The molecule has 0 aliphatic carbocycles. The zero-order valence-electron chi connectivity index (χ0n) is 9.06. The number of nitrogens with one attached hydrogen (secondary N) is 1. The van der Waals surface area contributed by atoms with Gasteiger partial charge in [0.05, 0.1) is 12.7 Å². The summed E-state index contributed by atoms with van der Waals surface area (Å²) < 4.78 is 1.94. The van der Waals surface area contributed by atoms with Crippen molar-refractivity contribution >= 4 is 11.2 Å². The van der Waals surface area contributed by atoms with Crippen LogP contribution in [0.1, 0.15) is 26.8 Å².